The monoisotopic (exact) mass is 427 g/mol. The Balaban J connectivity index is 1.26. The molecule has 0 N–H and O–H groups in total. The molecule has 0 aromatic heterocycles. The van der Waals surface area contributed by atoms with Crippen LogP contribution in [0.2, 0.25) is 0 Å². The fraction of sp³-hybridized carbons (Fsp3) is 0.345. The lowest BCUT2D eigenvalue weighted by atomic mass is 9.89. The van der Waals surface area contributed by atoms with Crippen molar-refractivity contribution >= 4 is 5.78 Å². The van der Waals surface area contributed by atoms with Crippen molar-refractivity contribution in [1.82, 2.24) is 4.90 Å². The summed E-state index contributed by atoms with van der Waals surface area (Å²) >= 11 is 0. The third-order valence-electron chi connectivity index (χ3n) is 6.61. The Hall–Kier alpha value is -2.91. The van der Waals surface area contributed by atoms with Gasteiger partial charge in [0.1, 0.15) is 12.4 Å². The highest BCUT2D eigenvalue weighted by Crippen LogP contribution is 2.24. The zero-order chi connectivity index (χ0) is 22.3. The van der Waals surface area contributed by atoms with Gasteiger partial charge in [0.2, 0.25) is 0 Å². The van der Waals surface area contributed by atoms with Crippen molar-refractivity contribution in [2.75, 3.05) is 13.1 Å². The summed E-state index contributed by atoms with van der Waals surface area (Å²) in [5, 5.41) is 0. The van der Waals surface area contributed by atoms with Crippen molar-refractivity contribution in [3.63, 3.8) is 0 Å². The Kier molecular flexibility index (Phi) is 7.39. The molecule has 1 heterocycles. The molecule has 0 saturated carbocycles. The van der Waals surface area contributed by atoms with Gasteiger partial charge in [-0.15, -0.1) is 0 Å². The van der Waals surface area contributed by atoms with E-state index in [1.165, 1.54) is 11.1 Å². The van der Waals surface area contributed by atoms with E-state index in [0.717, 1.165) is 49.2 Å². The predicted molar refractivity (Wildman–Crippen MR) is 130 cm³/mol. The zero-order valence-corrected chi connectivity index (χ0v) is 19.2. The summed E-state index contributed by atoms with van der Waals surface area (Å²) in [5.41, 5.74) is 4.62. The standard InChI is InChI=1S/C29H33NO2/c1-22-8-10-24(11-9-22)20-25-16-18-30(19-17-25)23(2)29(31)27-12-14-28(15-13-27)32-21-26-6-4-3-5-7-26/h3-15,23,25H,16-21H2,1-2H3. The van der Waals surface area contributed by atoms with Gasteiger partial charge in [-0.1, -0.05) is 60.2 Å². The minimum absolute atomic E-state index is 0.0913. The van der Waals surface area contributed by atoms with Crippen LogP contribution in [0.3, 0.4) is 0 Å². The molecule has 166 valence electrons. The van der Waals surface area contributed by atoms with Gasteiger partial charge in [0, 0.05) is 5.56 Å². The van der Waals surface area contributed by atoms with Crippen LogP contribution in [0.4, 0.5) is 0 Å². The summed E-state index contributed by atoms with van der Waals surface area (Å²) < 4.78 is 5.85. The third kappa shape index (κ3) is 5.86. The maximum atomic E-state index is 13.1. The Morgan fingerprint density at radius 1 is 0.906 bits per heavy atom. The van der Waals surface area contributed by atoms with Crippen LogP contribution in [0.15, 0.2) is 78.9 Å². The maximum Gasteiger partial charge on any atom is 0.179 e. The normalized spacial score (nSPS) is 15.9. The van der Waals surface area contributed by atoms with Crippen LogP contribution in [0, 0.1) is 12.8 Å². The molecule has 3 aromatic rings. The molecule has 1 saturated heterocycles. The quantitative estimate of drug-likeness (QED) is 0.407. The van der Waals surface area contributed by atoms with Gasteiger partial charge in [-0.3, -0.25) is 9.69 Å². The fourth-order valence-electron chi connectivity index (χ4n) is 4.47. The number of aryl methyl sites for hydroxylation is 1. The SMILES string of the molecule is Cc1ccc(CC2CCN(C(C)C(=O)c3ccc(OCc4ccccc4)cc3)CC2)cc1. The Morgan fingerprint density at radius 3 is 2.22 bits per heavy atom. The van der Waals surface area contributed by atoms with Crippen LogP contribution in [0.5, 0.6) is 5.75 Å². The lowest BCUT2D eigenvalue weighted by Crippen LogP contribution is -2.44. The molecule has 1 aliphatic rings. The fourth-order valence-corrected chi connectivity index (χ4v) is 4.47. The number of rotatable bonds is 8. The molecular weight excluding hydrogens is 394 g/mol. The number of hydrogen-bond donors (Lipinski definition) is 0. The first-order valence-corrected chi connectivity index (χ1v) is 11.7. The number of carbonyl (C=O) groups is 1. The van der Waals surface area contributed by atoms with E-state index in [1.54, 1.807) is 0 Å². The van der Waals surface area contributed by atoms with E-state index < -0.39 is 0 Å². The molecule has 0 aliphatic carbocycles. The molecule has 1 aliphatic heterocycles. The Bertz CT molecular complexity index is 988. The lowest BCUT2D eigenvalue weighted by Gasteiger charge is -2.35. The number of benzene rings is 3. The van der Waals surface area contributed by atoms with Crippen LogP contribution in [0.25, 0.3) is 0 Å². The van der Waals surface area contributed by atoms with Crippen LogP contribution in [-0.4, -0.2) is 29.8 Å². The van der Waals surface area contributed by atoms with Gasteiger partial charge in [0.05, 0.1) is 6.04 Å². The molecule has 32 heavy (non-hydrogen) atoms. The molecule has 0 amide bonds. The molecule has 4 rings (SSSR count). The van der Waals surface area contributed by atoms with Crippen molar-refractivity contribution in [2.45, 2.75) is 45.8 Å². The topological polar surface area (TPSA) is 29.5 Å². The predicted octanol–water partition coefficient (Wildman–Crippen LogP) is 6.10. The van der Waals surface area contributed by atoms with E-state index in [0.29, 0.717) is 12.5 Å². The molecule has 0 radical (unpaired) electrons. The summed E-state index contributed by atoms with van der Waals surface area (Å²) in [6.45, 7) is 6.68. The second kappa shape index (κ2) is 10.6. The summed E-state index contributed by atoms with van der Waals surface area (Å²) in [6, 6.07) is 26.5. The Labute approximate surface area is 192 Å². The molecule has 3 heteroatoms. The van der Waals surface area contributed by atoms with Crippen molar-refractivity contribution in [2.24, 2.45) is 5.92 Å². The number of likely N-dealkylation sites (tertiary alicyclic amines) is 1. The van der Waals surface area contributed by atoms with Gasteiger partial charge in [-0.2, -0.15) is 0 Å². The number of nitrogens with zero attached hydrogens (tertiary/aromatic N) is 1. The molecule has 1 fully saturated rings. The van der Waals surface area contributed by atoms with Crippen LogP contribution in [0.1, 0.15) is 46.8 Å². The van der Waals surface area contributed by atoms with E-state index >= 15 is 0 Å². The average Bonchev–Trinajstić information content (AvgIpc) is 2.85. The van der Waals surface area contributed by atoms with Gasteiger partial charge >= 0.3 is 0 Å². The van der Waals surface area contributed by atoms with Gasteiger partial charge in [-0.25, -0.2) is 0 Å². The number of hydrogen-bond acceptors (Lipinski definition) is 3. The smallest absolute Gasteiger partial charge is 0.179 e. The van der Waals surface area contributed by atoms with Crippen LogP contribution >= 0.6 is 0 Å². The number of carbonyl (C=O) groups excluding carboxylic acids is 1. The molecule has 1 unspecified atom stereocenters. The van der Waals surface area contributed by atoms with E-state index in [1.807, 2.05) is 61.5 Å². The summed E-state index contributed by atoms with van der Waals surface area (Å²) in [6.07, 6.45) is 3.44. The Morgan fingerprint density at radius 2 is 1.56 bits per heavy atom. The summed E-state index contributed by atoms with van der Waals surface area (Å²) in [5.74, 6) is 1.68. The van der Waals surface area contributed by atoms with Crippen molar-refractivity contribution in [1.29, 1.82) is 0 Å². The van der Waals surface area contributed by atoms with Crippen LogP contribution in [-0.2, 0) is 13.0 Å². The summed E-state index contributed by atoms with van der Waals surface area (Å²) in [7, 11) is 0. The van der Waals surface area contributed by atoms with Gasteiger partial charge in [0.15, 0.2) is 5.78 Å². The lowest BCUT2D eigenvalue weighted by molar-refractivity contribution is 0.0771. The van der Waals surface area contributed by atoms with E-state index in [2.05, 4.69) is 36.1 Å². The third-order valence-corrected chi connectivity index (χ3v) is 6.61. The first kappa shape index (κ1) is 22.3. The number of piperidine rings is 1. The average molecular weight is 428 g/mol. The number of ketones is 1. The first-order valence-electron chi connectivity index (χ1n) is 11.7. The van der Waals surface area contributed by atoms with Crippen LogP contribution < -0.4 is 4.74 Å². The van der Waals surface area contributed by atoms with E-state index in [9.17, 15) is 4.79 Å². The number of Topliss-reactive ketones (excluding diaryl/α,β-unsaturated/α-hetero) is 1. The first-order chi connectivity index (χ1) is 15.6. The largest absolute Gasteiger partial charge is 0.489 e. The highest BCUT2D eigenvalue weighted by Gasteiger charge is 2.27. The van der Waals surface area contributed by atoms with Gasteiger partial charge in [-0.05, 0) is 87.5 Å². The minimum atomic E-state index is -0.0913. The van der Waals surface area contributed by atoms with Gasteiger partial charge < -0.3 is 4.74 Å². The van der Waals surface area contributed by atoms with Gasteiger partial charge in [0.25, 0.3) is 0 Å². The van der Waals surface area contributed by atoms with E-state index in [-0.39, 0.29) is 11.8 Å². The molecule has 3 nitrogen and oxygen atoms in total. The molecule has 0 spiro atoms. The molecule has 1 atom stereocenters. The second-order valence-electron chi connectivity index (χ2n) is 9.01. The molecule has 0 bridgehead atoms. The molecular formula is C29H33NO2. The van der Waals surface area contributed by atoms with Crippen molar-refractivity contribution in [3.05, 3.63) is 101 Å². The molecule has 3 aromatic carbocycles. The van der Waals surface area contributed by atoms with Crippen molar-refractivity contribution in [3.8, 4) is 5.75 Å². The minimum Gasteiger partial charge on any atom is -0.489 e. The highest BCUT2D eigenvalue weighted by molar-refractivity contribution is 5.99. The summed E-state index contributed by atoms with van der Waals surface area (Å²) in [4.78, 5) is 15.4. The zero-order valence-electron chi connectivity index (χ0n) is 19.2. The van der Waals surface area contributed by atoms with Crippen molar-refractivity contribution < 1.29 is 9.53 Å². The second-order valence-corrected chi connectivity index (χ2v) is 9.01. The van der Waals surface area contributed by atoms with E-state index in [4.69, 9.17) is 4.74 Å². The maximum absolute atomic E-state index is 13.1. The number of ether oxygens (including phenoxy) is 1. The highest BCUT2D eigenvalue weighted by atomic mass is 16.5.